The van der Waals surface area contributed by atoms with E-state index in [0.29, 0.717) is 5.75 Å². The summed E-state index contributed by atoms with van der Waals surface area (Å²) >= 11 is 0. The molecule has 0 saturated heterocycles. The third-order valence-corrected chi connectivity index (χ3v) is 2.93. The van der Waals surface area contributed by atoms with Crippen molar-refractivity contribution < 1.29 is 24.5 Å². The molecule has 1 aromatic rings. The predicted molar refractivity (Wildman–Crippen MR) is 64.8 cm³/mol. The average molecular weight is 252 g/mol. The number of hydrogen-bond donors (Lipinski definition) is 2. The second kappa shape index (κ2) is 6.05. The second-order valence-corrected chi connectivity index (χ2v) is 4.11. The first-order chi connectivity index (χ1) is 8.45. The van der Waals surface area contributed by atoms with Gasteiger partial charge in [0.05, 0.1) is 19.4 Å². The Morgan fingerprint density at radius 1 is 1.33 bits per heavy atom. The monoisotopic (exact) mass is 252 g/mol. The standard InChI is InChI=1S/C13H16O5/c1-8(11(13(16)17)7-12(14)15)9-4-3-5-10(6-9)18-2/h3-6,8,11H,7H2,1-2H3,(H,14,15)(H,16,17)/t8-,11+/m0/s1. The van der Waals surface area contributed by atoms with Crippen molar-refractivity contribution in [3.05, 3.63) is 29.8 Å². The Balaban J connectivity index is 2.97. The fourth-order valence-electron chi connectivity index (χ4n) is 1.82. The Labute approximate surface area is 105 Å². The number of hydrogen-bond acceptors (Lipinski definition) is 3. The van der Waals surface area contributed by atoms with E-state index in [-0.39, 0.29) is 0 Å². The number of rotatable bonds is 6. The molecule has 5 heteroatoms. The van der Waals surface area contributed by atoms with Crippen LogP contribution in [0.4, 0.5) is 0 Å². The maximum absolute atomic E-state index is 11.1. The lowest BCUT2D eigenvalue weighted by Gasteiger charge is -2.19. The van der Waals surface area contributed by atoms with Crippen molar-refractivity contribution in [1.82, 2.24) is 0 Å². The Kier molecular flexibility index (Phi) is 4.71. The summed E-state index contributed by atoms with van der Waals surface area (Å²) in [6, 6.07) is 7.00. The summed E-state index contributed by atoms with van der Waals surface area (Å²) in [6.45, 7) is 1.70. The number of benzene rings is 1. The SMILES string of the molecule is COc1cccc([C@H](C)[C@@H](CC(=O)O)C(=O)O)c1. The zero-order chi connectivity index (χ0) is 13.7. The number of ether oxygens (including phenoxy) is 1. The fourth-order valence-corrected chi connectivity index (χ4v) is 1.82. The molecular formula is C13H16O5. The summed E-state index contributed by atoms with van der Waals surface area (Å²) in [4.78, 5) is 21.8. The highest BCUT2D eigenvalue weighted by Crippen LogP contribution is 2.29. The minimum absolute atomic E-state index is 0.395. The van der Waals surface area contributed by atoms with Gasteiger partial charge in [0.2, 0.25) is 0 Å². The van der Waals surface area contributed by atoms with Crippen LogP contribution in [0, 0.1) is 5.92 Å². The van der Waals surface area contributed by atoms with Gasteiger partial charge in [-0.25, -0.2) is 0 Å². The van der Waals surface area contributed by atoms with Crippen LogP contribution in [-0.2, 0) is 9.59 Å². The van der Waals surface area contributed by atoms with Crippen LogP contribution in [0.2, 0.25) is 0 Å². The zero-order valence-corrected chi connectivity index (χ0v) is 10.3. The van der Waals surface area contributed by atoms with Crippen LogP contribution in [-0.4, -0.2) is 29.3 Å². The lowest BCUT2D eigenvalue weighted by molar-refractivity contribution is -0.149. The molecule has 0 spiro atoms. The fraction of sp³-hybridized carbons (Fsp3) is 0.385. The van der Waals surface area contributed by atoms with E-state index in [2.05, 4.69) is 0 Å². The van der Waals surface area contributed by atoms with Crippen molar-refractivity contribution in [3.8, 4) is 5.75 Å². The van der Waals surface area contributed by atoms with Gasteiger partial charge in [-0.15, -0.1) is 0 Å². The molecule has 0 heterocycles. The molecule has 1 aromatic carbocycles. The Morgan fingerprint density at radius 3 is 2.50 bits per heavy atom. The summed E-state index contributed by atoms with van der Waals surface area (Å²) < 4.78 is 5.06. The first kappa shape index (κ1) is 14.0. The summed E-state index contributed by atoms with van der Waals surface area (Å²) in [6.07, 6.45) is -0.395. The summed E-state index contributed by atoms with van der Waals surface area (Å²) in [7, 11) is 1.52. The molecule has 0 fully saturated rings. The molecule has 5 nitrogen and oxygen atoms in total. The minimum Gasteiger partial charge on any atom is -0.497 e. The van der Waals surface area contributed by atoms with E-state index in [9.17, 15) is 9.59 Å². The Bertz CT molecular complexity index is 441. The molecule has 0 aliphatic rings. The predicted octanol–water partition coefficient (Wildman–Crippen LogP) is 1.97. The zero-order valence-electron chi connectivity index (χ0n) is 10.3. The van der Waals surface area contributed by atoms with Crippen molar-refractivity contribution in [2.45, 2.75) is 19.3 Å². The first-order valence-electron chi connectivity index (χ1n) is 5.54. The van der Waals surface area contributed by atoms with Crippen LogP contribution >= 0.6 is 0 Å². The third-order valence-electron chi connectivity index (χ3n) is 2.93. The second-order valence-electron chi connectivity index (χ2n) is 4.11. The Hall–Kier alpha value is -2.04. The van der Waals surface area contributed by atoms with Crippen LogP contribution in [0.1, 0.15) is 24.8 Å². The molecular weight excluding hydrogens is 236 g/mol. The van der Waals surface area contributed by atoms with Gasteiger partial charge in [-0.3, -0.25) is 9.59 Å². The topological polar surface area (TPSA) is 83.8 Å². The van der Waals surface area contributed by atoms with E-state index in [1.54, 1.807) is 31.2 Å². The summed E-state index contributed by atoms with van der Waals surface area (Å²) in [5.41, 5.74) is 0.753. The normalized spacial score (nSPS) is 13.7. The van der Waals surface area contributed by atoms with Crippen LogP contribution in [0.3, 0.4) is 0 Å². The molecule has 0 radical (unpaired) electrons. The largest absolute Gasteiger partial charge is 0.497 e. The van der Waals surface area contributed by atoms with Gasteiger partial charge in [0.15, 0.2) is 0 Å². The third kappa shape index (κ3) is 3.48. The smallest absolute Gasteiger partial charge is 0.307 e. The van der Waals surface area contributed by atoms with Crippen LogP contribution in [0.5, 0.6) is 5.75 Å². The molecule has 18 heavy (non-hydrogen) atoms. The Morgan fingerprint density at radius 2 is 2.00 bits per heavy atom. The number of carboxylic acid groups (broad SMARTS) is 2. The van der Waals surface area contributed by atoms with Crippen LogP contribution in [0.25, 0.3) is 0 Å². The lowest BCUT2D eigenvalue weighted by Crippen LogP contribution is -2.23. The van der Waals surface area contributed by atoms with Crippen molar-refractivity contribution in [2.75, 3.05) is 7.11 Å². The molecule has 0 aromatic heterocycles. The molecule has 2 N–H and O–H groups in total. The molecule has 1 rings (SSSR count). The first-order valence-corrected chi connectivity index (χ1v) is 5.54. The lowest BCUT2D eigenvalue weighted by atomic mass is 9.85. The van der Waals surface area contributed by atoms with Crippen molar-refractivity contribution in [2.24, 2.45) is 5.92 Å². The molecule has 0 saturated carbocycles. The van der Waals surface area contributed by atoms with Crippen LogP contribution < -0.4 is 4.74 Å². The summed E-state index contributed by atoms with van der Waals surface area (Å²) in [5.74, 6) is -2.94. The number of methoxy groups -OCH3 is 1. The van der Waals surface area contributed by atoms with Gasteiger partial charge in [0, 0.05) is 0 Å². The van der Waals surface area contributed by atoms with E-state index < -0.39 is 30.2 Å². The molecule has 2 atom stereocenters. The van der Waals surface area contributed by atoms with Gasteiger partial charge in [0.25, 0.3) is 0 Å². The van der Waals surface area contributed by atoms with Gasteiger partial charge in [-0.1, -0.05) is 19.1 Å². The minimum atomic E-state index is -1.11. The van der Waals surface area contributed by atoms with E-state index in [1.807, 2.05) is 0 Å². The number of carbonyl (C=O) groups is 2. The molecule has 0 bridgehead atoms. The molecule has 0 aliphatic heterocycles. The average Bonchev–Trinajstić information content (AvgIpc) is 2.34. The molecule has 0 aliphatic carbocycles. The van der Waals surface area contributed by atoms with E-state index in [1.165, 1.54) is 7.11 Å². The van der Waals surface area contributed by atoms with Crippen molar-refractivity contribution >= 4 is 11.9 Å². The van der Waals surface area contributed by atoms with Gasteiger partial charge in [-0.05, 0) is 23.6 Å². The number of aliphatic carboxylic acids is 2. The molecule has 98 valence electrons. The van der Waals surface area contributed by atoms with E-state index >= 15 is 0 Å². The van der Waals surface area contributed by atoms with Gasteiger partial charge < -0.3 is 14.9 Å². The quantitative estimate of drug-likeness (QED) is 0.808. The molecule has 0 unspecified atom stereocenters. The highest BCUT2D eigenvalue weighted by atomic mass is 16.5. The van der Waals surface area contributed by atoms with Gasteiger partial charge in [0.1, 0.15) is 5.75 Å². The number of carboxylic acids is 2. The van der Waals surface area contributed by atoms with Crippen molar-refractivity contribution in [1.29, 1.82) is 0 Å². The maximum Gasteiger partial charge on any atom is 0.307 e. The van der Waals surface area contributed by atoms with Crippen molar-refractivity contribution in [3.63, 3.8) is 0 Å². The maximum atomic E-state index is 11.1. The highest BCUT2D eigenvalue weighted by Gasteiger charge is 2.28. The highest BCUT2D eigenvalue weighted by molar-refractivity contribution is 5.78. The van der Waals surface area contributed by atoms with E-state index in [0.717, 1.165) is 5.56 Å². The summed E-state index contributed by atoms with van der Waals surface area (Å²) in [5, 5.41) is 17.8. The van der Waals surface area contributed by atoms with Gasteiger partial charge in [-0.2, -0.15) is 0 Å². The van der Waals surface area contributed by atoms with E-state index in [4.69, 9.17) is 14.9 Å². The van der Waals surface area contributed by atoms with Crippen LogP contribution in [0.15, 0.2) is 24.3 Å². The van der Waals surface area contributed by atoms with Gasteiger partial charge >= 0.3 is 11.9 Å². The molecule has 0 amide bonds.